The molecule has 0 spiro atoms. The topological polar surface area (TPSA) is 47.9 Å². The minimum Gasteiger partial charge on any atom is -0.497 e. The van der Waals surface area contributed by atoms with Gasteiger partial charge in [0.1, 0.15) is 11.4 Å². The second-order valence-electron chi connectivity index (χ2n) is 5.85. The van der Waals surface area contributed by atoms with Gasteiger partial charge in [0, 0.05) is 17.1 Å². The summed E-state index contributed by atoms with van der Waals surface area (Å²) in [6.07, 6.45) is 1.84. The Balaban J connectivity index is 1.83. The van der Waals surface area contributed by atoms with Crippen molar-refractivity contribution in [3.63, 3.8) is 0 Å². The van der Waals surface area contributed by atoms with Crippen LogP contribution in [0.15, 0.2) is 66.9 Å². The van der Waals surface area contributed by atoms with E-state index in [0.717, 1.165) is 39.2 Å². The summed E-state index contributed by atoms with van der Waals surface area (Å²) in [7, 11) is 1.67. The van der Waals surface area contributed by atoms with Crippen molar-refractivity contribution in [3.8, 4) is 28.5 Å². The van der Waals surface area contributed by atoms with Crippen molar-refractivity contribution in [2.45, 2.75) is 6.92 Å². The lowest BCUT2D eigenvalue weighted by molar-refractivity contribution is 0.415. The van der Waals surface area contributed by atoms with Crippen LogP contribution in [0.25, 0.3) is 33.7 Å². The van der Waals surface area contributed by atoms with Crippen LogP contribution in [0.2, 0.25) is 0 Å². The van der Waals surface area contributed by atoms with Crippen LogP contribution < -0.4 is 4.74 Å². The standard InChI is InChI=1S/C21H17N3O/c1-14-10-11-19(21-22-13-16-6-3-4-9-18(16)24-21)23-20(14)15-7-5-8-17(12-15)25-2/h3-13H,1-2H3. The molecule has 4 aromatic rings. The third-order valence-corrected chi connectivity index (χ3v) is 4.16. The van der Waals surface area contributed by atoms with Crippen molar-refractivity contribution < 1.29 is 4.74 Å². The van der Waals surface area contributed by atoms with E-state index in [1.54, 1.807) is 7.11 Å². The second kappa shape index (κ2) is 6.32. The lowest BCUT2D eigenvalue weighted by Gasteiger charge is -2.09. The Labute approximate surface area is 146 Å². The number of ether oxygens (including phenoxy) is 1. The molecule has 122 valence electrons. The minimum absolute atomic E-state index is 0.628. The van der Waals surface area contributed by atoms with Crippen molar-refractivity contribution in [2.75, 3.05) is 7.11 Å². The Bertz CT molecular complexity index is 1060. The minimum atomic E-state index is 0.628. The summed E-state index contributed by atoms with van der Waals surface area (Å²) in [6.45, 7) is 2.05. The molecule has 0 saturated heterocycles. The van der Waals surface area contributed by atoms with Gasteiger partial charge in [0.25, 0.3) is 0 Å². The Morgan fingerprint density at radius 3 is 2.64 bits per heavy atom. The van der Waals surface area contributed by atoms with Gasteiger partial charge in [-0.2, -0.15) is 0 Å². The first-order chi connectivity index (χ1) is 12.2. The molecule has 4 heteroatoms. The molecule has 4 rings (SSSR count). The number of para-hydroxylation sites is 1. The molecule has 0 aliphatic carbocycles. The molecular formula is C21H17N3O. The van der Waals surface area contributed by atoms with E-state index in [-0.39, 0.29) is 0 Å². The Morgan fingerprint density at radius 2 is 1.76 bits per heavy atom. The van der Waals surface area contributed by atoms with E-state index in [2.05, 4.69) is 16.0 Å². The number of hydrogen-bond acceptors (Lipinski definition) is 4. The van der Waals surface area contributed by atoms with Crippen molar-refractivity contribution in [2.24, 2.45) is 0 Å². The molecule has 2 heterocycles. The molecule has 0 N–H and O–H groups in total. The fourth-order valence-electron chi connectivity index (χ4n) is 2.81. The summed E-state index contributed by atoms with van der Waals surface area (Å²) in [4.78, 5) is 13.9. The first-order valence-electron chi connectivity index (χ1n) is 8.09. The number of nitrogens with zero attached hydrogens (tertiary/aromatic N) is 3. The number of aryl methyl sites for hydroxylation is 1. The maximum Gasteiger partial charge on any atom is 0.178 e. The second-order valence-corrected chi connectivity index (χ2v) is 5.85. The summed E-state index contributed by atoms with van der Waals surface area (Å²) < 4.78 is 5.33. The first kappa shape index (κ1) is 15.3. The fourth-order valence-corrected chi connectivity index (χ4v) is 2.81. The van der Waals surface area contributed by atoms with Gasteiger partial charge in [0.05, 0.1) is 18.3 Å². The highest BCUT2D eigenvalue weighted by Crippen LogP contribution is 2.27. The van der Waals surface area contributed by atoms with Crippen molar-refractivity contribution in [1.82, 2.24) is 15.0 Å². The van der Waals surface area contributed by atoms with Crippen LogP contribution >= 0.6 is 0 Å². The molecule has 25 heavy (non-hydrogen) atoms. The van der Waals surface area contributed by atoms with E-state index >= 15 is 0 Å². The molecule has 0 atom stereocenters. The molecule has 2 aromatic carbocycles. The molecule has 0 fully saturated rings. The number of methoxy groups -OCH3 is 1. The SMILES string of the molecule is COc1cccc(-c2nc(-c3ncc4ccccc4n3)ccc2C)c1. The fraction of sp³-hybridized carbons (Fsp3) is 0.0952. The van der Waals surface area contributed by atoms with Gasteiger partial charge in [-0.05, 0) is 36.8 Å². The number of benzene rings is 2. The number of hydrogen-bond donors (Lipinski definition) is 0. The molecule has 2 aromatic heterocycles. The van der Waals surface area contributed by atoms with Crippen LogP contribution in [0.3, 0.4) is 0 Å². The zero-order valence-corrected chi connectivity index (χ0v) is 14.1. The molecule has 0 aliphatic heterocycles. The molecule has 0 saturated carbocycles. The van der Waals surface area contributed by atoms with Gasteiger partial charge in [-0.15, -0.1) is 0 Å². The van der Waals surface area contributed by atoms with Gasteiger partial charge in [-0.3, -0.25) is 0 Å². The molecular weight excluding hydrogens is 310 g/mol. The third kappa shape index (κ3) is 2.94. The van der Waals surface area contributed by atoms with E-state index in [1.807, 2.05) is 67.7 Å². The highest BCUT2D eigenvalue weighted by Gasteiger charge is 2.10. The quantitative estimate of drug-likeness (QED) is 0.548. The summed E-state index contributed by atoms with van der Waals surface area (Å²) in [5.74, 6) is 1.44. The zero-order valence-electron chi connectivity index (χ0n) is 14.1. The predicted molar refractivity (Wildman–Crippen MR) is 99.5 cm³/mol. The molecule has 0 unspecified atom stereocenters. The van der Waals surface area contributed by atoms with Gasteiger partial charge in [-0.25, -0.2) is 15.0 Å². The van der Waals surface area contributed by atoms with E-state index in [0.29, 0.717) is 5.82 Å². The smallest absolute Gasteiger partial charge is 0.178 e. The molecule has 0 bridgehead atoms. The van der Waals surface area contributed by atoms with Crippen LogP contribution in [0.1, 0.15) is 5.56 Å². The number of fused-ring (bicyclic) bond motifs is 1. The van der Waals surface area contributed by atoms with Crippen LogP contribution in [0.5, 0.6) is 5.75 Å². The normalized spacial score (nSPS) is 10.8. The van der Waals surface area contributed by atoms with Gasteiger partial charge >= 0.3 is 0 Å². The Morgan fingerprint density at radius 1 is 0.880 bits per heavy atom. The summed E-state index contributed by atoms with van der Waals surface area (Å²) in [6, 6.07) is 19.9. The highest BCUT2D eigenvalue weighted by atomic mass is 16.5. The van der Waals surface area contributed by atoms with Crippen molar-refractivity contribution in [3.05, 3.63) is 72.4 Å². The number of aromatic nitrogens is 3. The average Bonchev–Trinajstić information content (AvgIpc) is 2.68. The van der Waals surface area contributed by atoms with Crippen LogP contribution in [-0.2, 0) is 0 Å². The van der Waals surface area contributed by atoms with E-state index in [9.17, 15) is 0 Å². The maximum absolute atomic E-state index is 5.33. The van der Waals surface area contributed by atoms with Gasteiger partial charge in [0.15, 0.2) is 5.82 Å². The molecule has 0 aliphatic rings. The van der Waals surface area contributed by atoms with E-state index in [4.69, 9.17) is 9.72 Å². The van der Waals surface area contributed by atoms with Crippen LogP contribution in [-0.4, -0.2) is 22.1 Å². The number of pyridine rings is 1. The summed E-state index contributed by atoms with van der Waals surface area (Å²) >= 11 is 0. The van der Waals surface area contributed by atoms with Gasteiger partial charge in [0.2, 0.25) is 0 Å². The zero-order chi connectivity index (χ0) is 17.2. The summed E-state index contributed by atoms with van der Waals surface area (Å²) in [5, 5.41) is 1.02. The Kier molecular flexibility index (Phi) is 3.86. The first-order valence-corrected chi connectivity index (χ1v) is 8.09. The number of rotatable bonds is 3. The third-order valence-electron chi connectivity index (χ3n) is 4.16. The van der Waals surface area contributed by atoms with E-state index < -0.39 is 0 Å². The Hall–Kier alpha value is -3.27. The van der Waals surface area contributed by atoms with Crippen LogP contribution in [0, 0.1) is 6.92 Å². The molecule has 0 amide bonds. The van der Waals surface area contributed by atoms with Crippen molar-refractivity contribution >= 4 is 10.9 Å². The lowest BCUT2D eigenvalue weighted by Crippen LogP contribution is -1.96. The molecule has 0 radical (unpaired) electrons. The van der Waals surface area contributed by atoms with E-state index in [1.165, 1.54) is 0 Å². The lowest BCUT2D eigenvalue weighted by atomic mass is 10.1. The van der Waals surface area contributed by atoms with Crippen molar-refractivity contribution in [1.29, 1.82) is 0 Å². The molecule has 4 nitrogen and oxygen atoms in total. The van der Waals surface area contributed by atoms with Crippen LogP contribution in [0.4, 0.5) is 0 Å². The largest absolute Gasteiger partial charge is 0.497 e. The average molecular weight is 327 g/mol. The van der Waals surface area contributed by atoms with Gasteiger partial charge in [-0.1, -0.05) is 36.4 Å². The van der Waals surface area contributed by atoms with Gasteiger partial charge < -0.3 is 4.74 Å². The monoisotopic (exact) mass is 327 g/mol. The highest BCUT2D eigenvalue weighted by molar-refractivity contribution is 5.79. The predicted octanol–water partition coefficient (Wildman–Crippen LogP) is 4.68. The maximum atomic E-state index is 5.33. The summed E-state index contributed by atoms with van der Waals surface area (Å²) in [5.41, 5.74) is 4.69.